The summed E-state index contributed by atoms with van der Waals surface area (Å²) in [6.07, 6.45) is 7.29. The predicted octanol–water partition coefficient (Wildman–Crippen LogP) is 4.88. The second-order valence-corrected chi connectivity index (χ2v) is 12.2. The van der Waals surface area contributed by atoms with Gasteiger partial charge in [-0.1, -0.05) is 18.2 Å². The van der Waals surface area contributed by atoms with Gasteiger partial charge in [0.15, 0.2) is 21.3 Å². The number of aromatic nitrogens is 2. The first-order valence-electron chi connectivity index (χ1n) is 11.5. The van der Waals surface area contributed by atoms with E-state index >= 15 is 0 Å². The van der Waals surface area contributed by atoms with Gasteiger partial charge in [-0.15, -0.1) is 0 Å². The molecule has 0 amide bonds. The Hall–Kier alpha value is -3.73. The summed E-state index contributed by atoms with van der Waals surface area (Å²) in [6, 6.07) is 22.9. The van der Waals surface area contributed by atoms with Crippen molar-refractivity contribution in [3.8, 4) is 5.75 Å². The largest absolute Gasteiger partial charge is 0.744 e. The molecular weight excluding hydrogens is 524 g/mol. The average molecular weight is 553 g/mol. The van der Waals surface area contributed by atoms with Crippen LogP contribution < -0.4 is 4.74 Å². The Morgan fingerprint density at radius 1 is 0.816 bits per heavy atom. The minimum absolute atomic E-state index is 0.118. The maximum atomic E-state index is 11.8. The van der Waals surface area contributed by atoms with Gasteiger partial charge in [-0.3, -0.25) is 9.97 Å². The van der Waals surface area contributed by atoms with Crippen LogP contribution in [0.2, 0.25) is 0 Å². The van der Waals surface area contributed by atoms with E-state index in [9.17, 15) is 17.8 Å². The molecule has 0 unspecified atom stereocenters. The maximum absolute atomic E-state index is 11.8. The van der Waals surface area contributed by atoms with Crippen LogP contribution in [0, 0.1) is 0 Å². The van der Waals surface area contributed by atoms with Crippen LogP contribution >= 0.6 is 0 Å². The Kier molecular flexibility index (Phi) is 10.0. The van der Waals surface area contributed by atoms with Crippen LogP contribution in [0.25, 0.3) is 0 Å². The van der Waals surface area contributed by atoms with E-state index in [1.807, 2.05) is 69.6 Å². The molecule has 0 aliphatic carbocycles. The molecule has 2 aromatic heterocycles. The molecule has 4 aromatic rings. The van der Waals surface area contributed by atoms with Crippen molar-refractivity contribution in [2.75, 3.05) is 6.61 Å². The molecule has 0 N–H and O–H groups in total. The lowest BCUT2D eigenvalue weighted by Crippen LogP contribution is -2.27. The van der Waals surface area contributed by atoms with Gasteiger partial charge in [0.2, 0.25) is 0 Å². The van der Waals surface area contributed by atoms with E-state index in [2.05, 4.69) is 22.1 Å². The van der Waals surface area contributed by atoms with Crippen molar-refractivity contribution in [1.82, 2.24) is 9.97 Å². The summed E-state index contributed by atoms with van der Waals surface area (Å²) in [5, 5.41) is 0. The molecule has 198 valence electrons. The number of rotatable bonds is 7. The summed E-state index contributed by atoms with van der Waals surface area (Å²) >= 11 is 0. The van der Waals surface area contributed by atoms with Gasteiger partial charge in [0.25, 0.3) is 0 Å². The van der Waals surface area contributed by atoms with Crippen molar-refractivity contribution in [3.05, 3.63) is 104 Å². The smallest absolute Gasteiger partial charge is 0.344 e. The number of hydrogen-bond donors (Lipinski definition) is 0. The summed E-state index contributed by atoms with van der Waals surface area (Å²) in [6.45, 7) is 5.38. The van der Waals surface area contributed by atoms with Crippen LogP contribution in [0.5, 0.6) is 5.75 Å². The van der Waals surface area contributed by atoms with Crippen LogP contribution in [-0.4, -0.2) is 41.1 Å². The summed E-state index contributed by atoms with van der Waals surface area (Å²) in [5.41, 5.74) is -0.522. The third-order valence-corrected chi connectivity index (χ3v) is 7.63. The fourth-order valence-corrected chi connectivity index (χ4v) is 5.59. The summed E-state index contributed by atoms with van der Waals surface area (Å²) < 4.78 is 41.7. The molecule has 38 heavy (non-hydrogen) atoms. The highest BCUT2D eigenvalue weighted by atomic mass is 32.2. The Morgan fingerprint density at radius 3 is 1.79 bits per heavy atom. The van der Waals surface area contributed by atoms with Crippen LogP contribution in [0.4, 0.5) is 0 Å². The van der Waals surface area contributed by atoms with Crippen LogP contribution in [0.1, 0.15) is 20.8 Å². The molecule has 0 radical (unpaired) electrons. The standard InChI is InChI=1S/C22H23N2O3S.C6H6O3S/c1-22(2,3)27-21(25)16-26-17-8-10-18(11-9-17)28(19-6-4-12-23-14-19)20-7-5-13-24-15-20;7-10(8,9)6-4-2-1-3-5-6/h4-15H,16H2,1-3H3;1-5H,(H,7,8,9)/q+1;/p-1. The first-order valence-corrected chi connectivity index (χ1v) is 14.2. The zero-order chi connectivity index (χ0) is 27.6. The van der Waals surface area contributed by atoms with E-state index in [1.54, 1.807) is 18.5 Å². The van der Waals surface area contributed by atoms with Crippen molar-refractivity contribution < 1.29 is 27.2 Å². The lowest BCUT2D eigenvalue weighted by molar-refractivity contribution is -0.157. The molecule has 0 spiro atoms. The number of nitrogens with zero attached hydrogens (tertiary/aromatic N) is 2. The number of hydrogen-bond acceptors (Lipinski definition) is 8. The number of benzene rings is 2. The molecule has 0 saturated heterocycles. The van der Waals surface area contributed by atoms with E-state index in [-0.39, 0.29) is 28.4 Å². The van der Waals surface area contributed by atoms with Gasteiger partial charge in [-0.2, -0.15) is 0 Å². The molecule has 0 atom stereocenters. The van der Waals surface area contributed by atoms with Gasteiger partial charge >= 0.3 is 5.97 Å². The van der Waals surface area contributed by atoms with Gasteiger partial charge in [-0.05, 0) is 81.4 Å². The first-order chi connectivity index (χ1) is 18.0. The third kappa shape index (κ3) is 9.29. The van der Waals surface area contributed by atoms with Crippen molar-refractivity contribution in [2.24, 2.45) is 0 Å². The zero-order valence-corrected chi connectivity index (χ0v) is 22.8. The van der Waals surface area contributed by atoms with Crippen molar-refractivity contribution in [1.29, 1.82) is 0 Å². The van der Waals surface area contributed by atoms with Crippen LogP contribution in [0.15, 0.2) is 123 Å². The highest BCUT2D eigenvalue weighted by Crippen LogP contribution is 2.31. The van der Waals surface area contributed by atoms with Gasteiger partial charge < -0.3 is 14.0 Å². The molecule has 2 heterocycles. The number of carbonyl (C=O) groups is 1. The van der Waals surface area contributed by atoms with Gasteiger partial charge in [0.1, 0.15) is 32.4 Å². The highest BCUT2D eigenvalue weighted by Gasteiger charge is 2.29. The molecular formula is C28H28N2O6S2. The monoisotopic (exact) mass is 552 g/mol. The fraction of sp³-hybridized carbons (Fsp3) is 0.179. The van der Waals surface area contributed by atoms with Gasteiger partial charge in [-0.25, -0.2) is 13.2 Å². The second kappa shape index (κ2) is 13.2. The fourth-order valence-electron chi connectivity index (χ4n) is 3.12. The van der Waals surface area contributed by atoms with Crippen LogP contribution in [0.3, 0.4) is 0 Å². The van der Waals surface area contributed by atoms with E-state index in [4.69, 9.17) is 9.47 Å². The molecule has 0 aliphatic heterocycles. The molecule has 8 nitrogen and oxygen atoms in total. The minimum Gasteiger partial charge on any atom is -0.744 e. The number of pyridine rings is 2. The molecule has 2 aromatic carbocycles. The first kappa shape index (κ1) is 28.8. The molecule has 0 bridgehead atoms. The summed E-state index contributed by atoms with van der Waals surface area (Å²) in [5.74, 6) is 0.234. The molecule has 4 rings (SSSR count). The average Bonchev–Trinajstić information content (AvgIpc) is 2.89. The Bertz CT molecular complexity index is 1360. The Balaban J connectivity index is 0.000000336. The predicted molar refractivity (Wildman–Crippen MR) is 143 cm³/mol. The van der Waals surface area contributed by atoms with E-state index in [0.29, 0.717) is 5.75 Å². The molecule has 10 heteroatoms. The number of carbonyl (C=O) groups excluding carboxylic acids is 1. The second-order valence-electron chi connectivity index (χ2n) is 8.80. The molecule has 0 aliphatic rings. The van der Waals surface area contributed by atoms with E-state index in [0.717, 1.165) is 14.7 Å². The van der Waals surface area contributed by atoms with Crippen molar-refractivity contribution in [2.45, 2.75) is 46.0 Å². The Morgan fingerprint density at radius 2 is 1.37 bits per heavy atom. The highest BCUT2D eigenvalue weighted by molar-refractivity contribution is 7.97. The summed E-state index contributed by atoms with van der Waals surface area (Å²) in [7, 11) is -4.57. The zero-order valence-electron chi connectivity index (χ0n) is 21.2. The number of esters is 1. The van der Waals surface area contributed by atoms with E-state index in [1.165, 1.54) is 24.3 Å². The quantitative estimate of drug-likeness (QED) is 0.181. The maximum Gasteiger partial charge on any atom is 0.344 e. The normalized spacial score (nSPS) is 11.3. The van der Waals surface area contributed by atoms with Crippen molar-refractivity contribution >= 4 is 27.0 Å². The van der Waals surface area contributed by atoms with Crippen LogP contribution in [-0.2, 0) is 30.5 Å². The summed E-state index contributed by atoms with van der Waals surface area (Å²) in [4.78, 5) is 23.5. The molecule has 0 fully saturated rings. The molecule has 0 saturated carbocycles. The van der Waals surface area contributed by atoms with Crippen molar-refractivity contribution in [3.63, 3.8) is 0 Å². The number of ether oxygens (including phenoxy) is 2. The SMILES string of the molecule is CC(C)(C)OC(=O)COc1ccc([S+](c2cccnc2)c2cccnc2)cc1.O=S(=O)([O-])c1ccccc1. The lowest BCUT2D eigenvalue weighted by Gasteiger charge is -2.19. The Labute approximate surface area is 225 Å². The minimum atomic E-state index is -4.25. The van der Waals surface area contributed by atoms with Gasteiger partial charge in [0, 0.05) is 12.4 Å². The van der Waals surface area contributed by atoms with Gasteiger partial charge in [0.05, 0.1) is 17.3 Å². The lowest BCUT2D eigenvalue weighted by atomic mass is 10.2. The van der Waals surface area contributed by atoms with E-state index < -0.39 is 15.7 Å². The third-order valence-electron chi connectivity index (χ3n) is 4.61. The topological polar surface area (TPSA) is 119 Å².